The number of carboxylic acid groups (broad SMARTS) is 2. The fourth-order valence-corrected chi connectivity index (χ4v) is 3.39. The molecule has 0 bridgehead atoms. The predicted molar refractivity (Wildman–Crippen MR) is 113 cm³/mol. The fourth-order valence-electron chi connectivity index (χ4n) is 3.39. The van der Waals surface area contributed by atoms with E-state index in [0.717, 1.165) is 16.7 Å². The number of benzene rings is 3. The van der Waals surface area contributed by atoms with Crippen molar-refractivity contribution < 1.29 is 24.5 Å². The number of carboxylic acids is 2. The lowest BCUT2D eigenvalue weighted by Gasteiger charge is -2.21. The Balaban J connectivity index is 1.67. The van der Waals surface area contributed by atoms with Gasteiger partial charge in [-0.1, -0.05) is 72.8 Å². The quantitative estimate of drug-likeness (QED) is 0.521. The summed E-state index contributed by atoms with van der Waals surface area (Å²) in [4.78, 5) is 23.7. The van der Waals surface area contributed by atoms with Crippen LogP contribution in [0, 0.1) is 11.8 Å². The van der Waals surface area contributed by atoms with E-state index in [1.807, 2.05) is 60.7 Å². The van der Waals surface area contributed by atoms with Crippen molar-refractivity contribution in [3.63, 3.8) is 0 Å². The smallest absolute Gasteiger partial charge is 0.307 e. The molecule has 5 heteroatoms. The van der Waals surface area contributed by atoms with E-state index in [-0.39, 0.29) is 12.8 Å². The third kappa shape index (κ3) is 5.95. The van der Waals surface area contributed by atoms with Crippen LogP contribution in [0.1, 0.15) is 16.7 Å². The molecule has 0 aliphatic rings. The first-order chi connectivity index (χ1) is 14.5. The van der Waals surface area contributed by atoms with Crippen LogP contribution >= 0.6 is 0 Å². The summed E-state index contributed by atoms with van der Waals surface area (Å²) >= 11 is 0. The molecular formula is C25H24O5. The highest BCUT2D eigenvalue weighted by molar-refractivity contribution is 5.80. The Hall–Kier alpha value is -3.60. The van der Waals surface area contributed by atoms with Gasteiger partial charge in [-0.2, -0.15) is 0 Å². The molecule has 0 aliphatic carbocycles. The maximum Gasteiger partial charge on any atom is 0.307 e. The Morgan fingerprint density at radius 1 is 0.633 bits per heavy atom. The van der Waals surface area contributed by atoms with Crippen LogP contribution < -0.4 is 4.74 Å². The molecular weight excluding hydrogens is 380 g/mol. The minimum Gasteiger partial charge on any atom is -0.489 e. The molecule has 2 atom stereocenters. The Bertz CT molecular complexity index is 952. The summed E-state index contributed by atoms with van der Waals surface area (Å²) in [5, 5.41) is 19.4. The summed E-state index contributed by atoms with van der Waals surface area (Å²) in [6, 6.07) is 26.0. The van der Waals surface area contributed by atoms with Crippen LogP contribution in [0.2, 0.25) is 0 Å². The molecule has 0 fully saturated rings. The zero-order valence-corrected chi connectivity index (χ0v) is 16.5. The van der Waals surface area contributed by atoms with Crippen molar-refractivity contribution in [3.8, 4) is 5.75 Å². The van der Waals surface area contributed by atoms with Gasteiger partial charge in [-0.25, -0.2) is 0 Å². The van der Waals surface area contributed by atoms with E-state index in [9.17, 15) is 19.8 Å². The minimum absolute atomic E-state index is 0.137. The van der Waals surface area contributed by atoms with E-state index < -0.39 is 23.8 Å². The summed E-state index contributed by atoms with van der Waals surface area (Å²) < 4.78 is 5.75. The standard InChI is InChI=1S/C25H24O5/c26-24(27)22(15-18-7-3-1-4-8-18)23(25(28)29)16-19-11-13-21(14-12-19)30-17-20-9-5-2-6-10-20/h1-14,22-23H,15-17H2,(H,26,27)(H,28,29)/t22-,23+/m0/s1. The number of aliphatic carboxylic acids is 2. The van der Waals surface area contributed by atoms with E-state index in [1.54, 1.807) is 24.3 Å². The number of ether oxygens (including phenoxy) is 1. The topological polar surface area (TPSA) is 83.8 Å². The maximum absolute atomic E-state index is 11.9. The van der Waals surface area contributed by atoms with Crippen molar-refractivity contribution in [2.45, 2.75) is 19.4 Å². The number of hydrogen-bond donors (Lipinski definition) is 2. The molecule has 0 saturated carbocycles. The second kappa shape index (κ2) is 10.3. The molecule has 154 valence electrons. The molecule has 3 rings (SSSR count). The van der Waals surface area contributed by atoms with Crippen molar-refractivity contribution in [1.82, 2.24) is 0 Å². The zero-order chi connectivity index (χ0) is 21.3. The van der Waals surface area contributed by atoms with Gasteiger partial charge in [-0.3, -0.25) is 9.59 Å². The van der Waals surface area contributed by atoms with E-state index in [4.69, 9.17) is 4.74 Å². The molecule has 0 aliphatic heterocycles. The lowest BCUT2D eigenvalue weighted by Crippen LogP contribution is -2.33. The first-order valence-corrected chi connectivity index (χ1v) is 9.78. The second-order valence-electron chi connectivity index (χ2n) is 7.20. The molecule has 0 radical (unpaired) electrons. The van der Waals surface area contributed by atoms with E-state index >= 15 is 0 Å². The minimum atomic E-state index is -1.11. The van der Waals surface area contributed by atoms with Crippen molar-refractivity contribution in [2.75, 3.05) is 0 Å². The molecule has 0 heterocycles. The zero-order valence-electron chi connectivity index (χ0n) is 16.5. The first kappa shape index (κ1) is 21.1. The molecule has 0 saturated heterocycles. The van der Waals surface area contributed by atoms with Gasteiger partial charge in [-0.05, 0) is 41.7 Å². The summed E-state index contributed by atoms with van der Waals surface area (Å²) in [5.41, 5.74) is 2.62. The van der Waals surface area contributed by atoms with E-state index in [2.05, 4.69) is 0 Å². The third-order valence-electron chi connectivity index (χ3n) is 5.05. The molecule has 0 spiro atoms. The average Bonchev–Trinajstić information content (AvgIpc) is 2.76. The van der Waals surface area contributed by atoms with Gasteiger partial charge in [0, 0.05) is 0 Å². The van der Waals surface area contributed by atoms with Crippen LogP contribution in [-0.4, -0.2) is 22.2 Å². The molecule has 2 N–H and O–H groups in total. The second-order valence-corrected chi connectivity index (χ2v) is 7.20. The first-order valence-electron chi connectivity index (χ1n) is 9.78. The van der Waals surface area contributed by atoms with Gasteiger partial charge in [0.25, 0.3) is 0 Å². The lowest BCUT2D eigenvalue weighted by atomic mass is 9.83. The fraction of sp³-hybridized carbons (Fsp3) is 0.200. The summed E-state index contributed by atoms with van der Waals surface area (Å²) in [6.45, 7) is 0.441. The van der Waals surface area contributed by atoms with Gasteiger partial charge in [0.15, 0.2) is 0 Å². The van der Waals surface area contributed by atoms with Crippen LogP contribution in [0.4, 0.5) is 0 Å². The van der Waals surface area contributed by atoms with Crippen molar-refractivity contribution >= 4 is 11.9 Å². The number of hydrogen-bond acceptors (Lipinski definition) is 3. The number of rotatable bonds is 10. The van der Waals surface area contributed by atoms with Gasteiger partial charge in [0.2, 0.25) is 0 Å². The largest absolute Gasteiger partial charge is 0.489 e. The summed E-state index contributed by atoms with van der Waals surface area (Å²) in [6.07, 6.45) is 0.309. The van der Waals surface area contributed by atoms with Gasteiger partial charge < -0.3 is 14.9 Å². The van der Waals surface area contributed by atoms with Crippen LogP contribution in [0.25, 0.3) is 0 Å². The molecule has 5 nitrogen and oxygen atoms in total. The Morgan fingerprint density at radius 2 is 1.07 bits per heavy atom. The van der Waals surface area contributed by atoms with E-state index in [0.29, 0.717) is 12.4 Å². The molecule has 3 aromatic carbocycles. The highest BCUT2D eigenvalue weighted by Crippen LogP contribution is 2.24. The van der Waals surface area contributed by atoms with Crippen molar-refractivity contribution in [2.24, 2.45) is 11.8 Å². The Morgan fingerprint density at radius 3 is 1.53 bits per heavy atom. The molecule has 0 amide bonds. The van der Waals surface area contributed by atoms with Crippen LogP contribution in [0.5, 0.6) is 5.75 Å². The number of carbonyl (C=O) groups is 2. The normalized spacial score (nSPS) is 12.7. The van der Waals surface area contributed by atoms with Crippen molar-refractivity contribution in [3.05, 3.63) is 102 Å². The van der Waals surface area contributed by atoms with Crippen LogP contribution in [0.15, 0.2) is 84.9 Å². The van der Waals surface area contributed by atoms with Gasteiger partial charge >= 0.3 is 11.9 Å². The van der Waals surface area contributed by atoms with Crippen LogP contribution in [0.3, 0.4) is 0 Å². The highest BCUT2D eigenvalue weighted by Gasteiger charge is 2.34. The Labute approximate surface area is 175 Å². The summed E-state index contributed by atoms with van der Waals surface area (Å²) in [5.74, 6) is -3.58. The molecule has 3 aromatic rings. The molecule has 0 aromatic heterocycles. The maximum atomic E-state index is 11.9. The summed E-state index contributed by atoms with van der Waals surface area (Å²) in [7, 11) is 0. The third-order valence-corrected chi connectivity index (χ3v) is 5.05. The van der Waals surface area contributed by atoms with Gasteiger partial charge in [0.1, 0.15) is 12.4 Å². The predicted octanol–water partition coefficient (Wildman–Crippen LogP) is 4.45. The van der Waals surface area contributed by atoms with E-state index in [1.165, 1.54) is 0 Å². The average molecular weight is 404 g/mol. The SMILES string of the molecule is O=C(O)[C@@H](Cc1ccccc1)[C@@H](Cc1ccc(OCc2ccccc2)cc1)C(=O)O. The highest BCUT2D eigenvalue weighted by atomic mass is 16.5. The van der Waals surface area contributed by atoms with Gasteiger partial charge in [-0.15, -0.1) is 0 Å². The van der Waals surface area contributed by atoms with Gasteiger partial charge in [0.05, 0.1) is 11.8 Å². The Kier molecular flexibility index (Phi) is 7.22. The van der Waals surface area contributed by atoms with Crippen LogP contribution in [-0.2, 0) is 29.0 Å². The molecule has 30 heavy (non-hydrogen) atoms. The monoisotopic (exact) mass is 404 g/mol. The molecule has 0 unspecified atom stereocenters. The lowest BCUT2D eigenvalue weighted by molar-refractivity contribution is -0.153. The van der Waals surface area contributed by atoms with Crippen molar-refractivity contribution in [1.29, 1.82) is 0 Å².